The van der Waals surface area contributed by atoms with E-state index in [-0.39, 0.29) is 0 Å². The highest BCUT2D eigenvalue weighted by Crippen LogP contribution is 2.08. The van der Waals surface area contributed by atoms with Crippen LogP contribution in [0, 0.1) is 12.3 Å². The van der Waals surface area contributed by atoms with Gasteiger partial charge < -0.3 is 0 Å². The van der Waals surface area contributed by atoms with E-state index in [1.807, 2.05) is 5.92 Å². The Labute approximate surface area is 49.4 Å². The Kier molecular flexibility index (Phi) is 2.27. The normalized spacial score (nSPS) is 17.8. The highest BCUT2D eigenvalue weighted by molar-refractivity contribution is 5.16. The molecule has 44 valence electrons. The van der Waals surface area contributed by atoms with E-state index in [2.05, 4.69) is 0 Å². The number of alkyl halides is 1. The summed E-state index contributed by atoms with van der Waals surface area (Å²) >= 11 is 0. The van der Waals surface area contributed by atoms with Crippen molar-refractivity contribution in [1.29, 1.82) is 0 Å². The van der Waals surface area contributed by atoms with Gasteiger partial charge in [-0.25, -0.2) is 4.39 Å². The standard InChI is InChI=1S/C7H9F/c1-4-6-7(3,8)5-2/h2,4,6H,1,3H3/b6-4-. The Morgan fingerprint density at radius 2 is 2.25 bits per heavy atom. The Morgan fingerprint density at radius 3 is 2.38 bits per heavy atom. The van der Waals surface area contributed by atoms with Crippen molar-refractivity contribution < 1.29 is 4.39 Å². The molecule has 8 heavy (non-hydrogen) atoms. The molecule has 0 aromatic heterocycles. The van der Waals surface area contributed by atoms with Crippen LogP contribution in [0.25, 0.3) is 0 Å². The van der Waals surface area contributed by atoms with Crippen LogP contribution in [-0.2, 0) is 0 Å². The Bertz CT molecular complexity index is 126. The molecule has 0 N–H and O–H groups in total. The van der Waals surface area contributed by atoms with Gasteiger partial charge in [0.2, 0.25) is 0 Å². The van der Waals surface area contributed by atoms with Crippen molar-refractivity contribution >= 4 is 0 Å². The molecule has 1 unspecified atom stereocenters. The number of terminal acetylenes is 1. The van der Waals surface area contributed by atoms with E-state index >= 15 is 0 Å². The van der Waals surface area contributed by atoms with E-state index in [0.717, 1.165) is 0 Å². The quantitative estimate of drug-likeness (QED) is 0.359. The van der Waals surface area contributed by atoms with Crippen LogP contribution >= 0.6 is 0 Å². The molecular formula is C7H9F. The van der Waals surface area contributed by atoms with Crippen molar-refractivity contribution in [3.8, 4) is 12.3 Å². The maximum atomic E-state index is 12.5. The van der Waals surface area contributed by atoms with Crippen molar-refractivity contribution in [2.24, 2.45) is 0 Å². The predicted molar refractivity (Wildman–Crippen MR) is 33.2 cm³/mol. The third kappa shape index (κ3) is 2.41. The summed E-state index contributed by atoms with van der Waals surface area (Å²) < 4.78 is 12.5. The van der Waals surface area contributed by atoms with Crippen molar-refractivity contribution in [2.75, 3.05) is 0 Å². The number of halogens is 1. The summed E-state index contributed by atoms with van der Waals surface area (Å²) in [4.78, 5) is 0. The molecule has 0 aliphatic carbocycles. The third-order valence-electron chi connectivity index (χ3n) is 0.762. The SMILES string of the molecule is C#CC(C)(F)/C=C\C. The molecule has 0 nitrogen and oxygen atoms in total. The molecule has 0 bridgehead atoms. The topological polar surface area (TPSA) is 0 Å². The van der Waals surface area contributed by atoms with Crippen molar-refractivity contribution in [1.82, 2.24) is 0 Å². The summed E-state index contributed by atoms with van der Waals surface area (Å²) in [5.74, 6) is 1.99. The van der Waals surface area contributed by atoms with E-state index in [4.69, 9.17) is 6.42 Å². The Balaban J connectivity index is 3.97. The molecule has 0 saturated heterocycles. The largest absolute Gasteiger partial charge is 0.225 e. The third-order valence-corrected chi connectivity index (χ3v) is 0.762. The first kappa shape index (κ1) is 7.23. The van der Waals surface area contributed by atoms with Crippen LogP contribution in [0.5, 0.6) is 0 Å². The van der Waals surface area contributed by atoms with E-state index in [0.29, 0.717) is 0 Å². The molecular weight excluding hydrogens is 103 g/mol. The van der Waals surface area contributed by atoms with E-state index in [1.54, 1.807) is 13.0 Å². The van der Waals surface area contributed by atoms with Gasteiger partial charge in [0.1, 0.15) is 0 Å². The van der Waals surface area contributed by atoms with Gasteiger partial charge in [-0.3, -0.25) is 0 Å². The summed E-state index contributed by atoms with van der Waals surface area (Å²) in [5.41, 5.74) is -1.56. The molecule has 0 amide bonds. The van der Waals surface area contributed by atoms with Crippen molar-refractivity contribution in [2.45, 2.75) is 19.5 Å². The van der Waals surface area contributed by atoms with Gasteiger partial charge in [-0.1, -0.05) is 12.0 Å². The molecule has 0 rings (SSSR count). The number of hydrogen-bond donors (Lipinski definition) is 0. The second-order valence-corrected chi connectivity index (χ2v) is 1.72. The first-order chi connectivity index (χ1) is 3.62. The number of hydrogen-bond acceptors (Lipinski definition) is 0. The average molecular weight is 112 g/mol. The number of rotatable bonds is 1. The summed E-state index contributed by atoms with van der Waals surface area (Å²) in [6, 6.07) is 0. The summed E-state index contributed by atoms with van der Waals surface area (Å²) in [7, 11) is 0. The zero-order valence-corrected chi connectivity index (χ0v) is 5.11. The van der Waals surface area contributed by atoms with Crippen LogP contribution in [0.3, 0.4) is 0 Å². The maximum Gasteiger partial charge on any atom is 0.186 e. The van der Waals surface area contributed by atoms with Gasteiger partial charge in [0.05, 0.1) is 0 Å². The van der Waals surface area contributed by atoms with Gasteiger partial charge in [-0.15, -0.1) is 6.42 Å². The molecule has 0 aromatic carbocycles. The zero-order valence-electron chi connectivity index (χ0n) is 5.11. The van der Waals surface area contributed by atoms with E-state index < -0.39 is 5.67 Å². The van der Waals surface area contributed by atoms with Gasteiger partial charge in [0.15, 0.2) is 5.67 Å². The zero-order chi connectivity index (χ0) is 6.62. The second kappa shape index (κ2) is 2.52. The fourth-order valence-corrected chi connectivity index (χ4v) is 0.361. The van der Waals surface area contributed by atoms with E-state index in [9.17, 15) is 4.39 Å². The van der Waals surface area contributed by atoms with E-state index in [1.165, 1.54) is 13.0 Å². The fraction of sp³-hybridized carbons (Fsp3) is 0.429. The molecule has 0 radical (unpaired) electrons. The van der Waals surface area contributed by atoms with Crippen molar-refractivity contribution in [3.05, 3.63) is 12.2 Å². The predicted octanol–water partition coefficient (Wildman–Crippen LogP) is 1.92. The van der Waals surface area contributed by atoms with Gasteiger partial charge in [0.25, 0.3) is 0 Å². The molecule has 0 spiro atoms. The molecule has 1 heteroatoms. The summed E-state index contributed by atoms with van der Waals surface area (Å²) in [6.45, 7) is 3.07. The highest BCUT2D eigenvalue weighted by Gasteiger charge is 2.12. The molecule has 0 heterocycles. The lowest BCUT2D eigenvalue weighted by molar-refractivity contribution is 0.342. The summed E-state index contributed by atoms with van der Waals surface area (Å²) in [6.07, 6.45) is 7.75. The molecule has 0 aromatic rings. The minimum absolute atomic E-state index is 1.34. The van der Waals surface area contributed by atoms with Crippen LogP contribution in [0.4, 0.5) is 4.39 Å². The maximum absolute atomic E-state index is 12.5. The molecule has 0 saturated carbocycles. The molecule has 0 aliphatic rings. The Morgan fingerprint density at radius 1 is 1.75 bits per heavy atom. The van der Waals surface area contributed by atoms with Gasteiger partial charge in [0, 0.05) is 0 Å². The lowest BCUT2D eigenvalue weighted by Gasteiger charge is -2.03. The van der Waals surface area contributed by atoms with Crippen LogP contribution < -0.4 is 0 Å². The van der Waals surface area contributed by atoms with Crippen LogP contribution in [-0.4, -0.2) is 5.67 Å². The fourth-order valence-electron chi connectivity index (χ4n) is 0.361. The first-order valence-electron chi connectivity index (χ1n) is 2.43. The van der Waals surface area contributed by atoms with Gasteiger partial charge in [-0.2, -0.15) is 0 Å². The monoisotopic (exact) mass is 112 g/mol. The smallest absolute Gasteiger partial charge is 0.186 e. The molecule has 1 atom stereocenters. The second-order valence-electron chi connectivity index (χ2n) is 1.72. The Hall–Kier alpha value is -0.770. The minimum atomic E-state index is -1.56. The summed E-state index contributed by atoms with van der Waals surface area (Å²) in [5, 5.41) is 0. The highest BCUT2D eigenvalue weighted by atomic mass is 19.1. The van der Waals surface area contributed by atoms with Crippen LogP contribution in [0.2, 0.25) is 0 Å². The van der Waals surface area contributed by atoms with Gasteiger partial charge in [-0.05, 0) is 19.9 Å². The first-order valence-corrected chi connectivity index (χ1v) is 2.43. The van der Waals surface area contributed by atoms with Crippen LogP contribution in [0.15, 0.2) is 12.2 Å². The molecule has 0 aliphatic heterocycles. The number of allylic oxidation sites excluding steroid dienone is 2. The molecule has 0 fully saturated rings. The van der Waals surface area contributed by atoms with Gasteiger partial charge >= 0.3 is 0 Å². The van der Waals surface area contributed by atoms with Crippen molar-refractivity contribution in [3.63, 3.8) is 0 Å². The van der Waals surface area contributed by atoms with Crippen LogP contribution in [0.1, 0.15) is 13.8 Å². The minimum Gasteiger partial charge on any atom is -0.225 e. The average Bonchev–Trinajstić information content (AvgIpc) is 1.67. The lowest BCUT2D eigenvalue weighted by Crippen LogP contribution is -2.08. The lowest BCUT2D eigenvalue weighted by atomic mass is 10.1.